The highest BCUT2D eigenvalue weighted by Crippen LogP contribution is 2.31. The Morgan fingerprint density at radius 3 is 2.51 bits per heavy atom. The molecule has 4 aromatic rings. The molecule has 1 atom stereocenters. The normalized spacial score (nSPS) is 16.9. The zero-order chi connectivity index (χ0) is 24.6. The lowest BCUT2D eigenvalue weighted by Crippen LogP contribution is -2.34. The van der Waals surface area contributed by atoms with Crippen molar-refractivity contribution in [2.24, 2.45) is 0 Å². The summed E-state index contributed by atoms with van der Waals surface area (Å²) in [5, 5.41) is 14.9. The maximum absolute atomic E-state index is 12.8. The lowest BCUT2D eigenvalue weighted by atomic mass is 10.0. The van der Waals surface area contributed by atoms with Gasteiger partial charge in [-0.2, -0.15) is 18.3 Å². The van der Waals surface area contributed by atoms with Crippen molar-refractivity contribution >= 4 is 10.9 Å². The molecule has 1 saturated heterocycles. The van der Waals surface area contributed by atoms with E-state index in [-0.39, 0.29) is 18.2 Å². The van der Waals surface area contributed by atoms with Gasteiger partial charge in [-0.25, -0.2) is 0 Å². The summed E-state index contributed by atoms with van der Waals surface area (Å²) in [6.45, 7) is 2.69. The number of fused-ring (bicyclic) bond motifs is 1. The molecule has 182 valence electrons. The average Bonchev–Trinajstić information content (AvgIpc) is 3.48. The van der Waals surface area contributed by atoms with Gasteiger partial charge in [-0.1, -0.05) is 12.1 Å². The van der Waals surface area contributed by atoms with Gasteiger partial charge in [0.05, 0.1) is 30.4 Å². The number of nitrogens with zero attached hydrogens (tertiary/aromatic N) is 4. The number of aliphatic hydroxyl groups excluding tert-OH is 1. The zero-order valence-corrected chi connectivity index (χ0v) is 18.9. The summed E-state index contributed by atoms with van der Waals surface area (Å²) in [5.74, 6) is 0. The van der Waals surface area contributed by atoms with Gasteiger partial charge in [-0.3, -0.25) is 18.9 Å². The number of likely N-dealkylation sites (tertiary alicyclic amines) is 1. The van der Waals surface area contributed by atoms with Crippen molar-refractivity contribution in [3.8, 4) is 16.8 Å². The second-order valence-electron chi connectivity index (χ2n) is 8.82. The third kappa shape index (κ3) is 4.74. The van der Waals surface area contributed by atoms with Crippen LogP contribution in [0, 0.1) is 0 Å². The molecule has 0 radical (unpaired) electrons. The first-order valence-electron chi connectivity index (χ1n) is 11.5. The molecule has 0 aliphatic carbocycles. The van der Waals surface area contributed by atoms with E-state index in [1.54, 1.807) is 18.5 Å². The minimum Gasteiger partial charge on any atom is -0.395 e. The number of rotatable bonds is 6. The summed E-state index contributed by atoms with van der Waals surface area (Å²) in [5.41, 5.74) is 1.73. The SMILES string of the molecule is O=c1cc(-c2ccc(C(F)(F)F)cc2)ccn1-c1ccc2c(cnn2CCN2CCCC2CO)c1. The molecule has 3 heterocycles. The molecule has 6 nitrogen and oxygen atoms in total. The number of hydrogen-bond donors (Lipinski definition) is 1. The fourth-order valence-electron chi connectivity index (χ4n) is 4.75. The smallest absolute Gasteiger partial charge is 0.395 e. The van der Waals surface area contributed by atoms with E-state index in [0.29, 0.717) is 23.4 Å². The molecule has 1 N–H and O–H groups in total. The fourth-order valence-corrected chi connectivity index (χ4v) is 4.75. The molecular weight excluding hydrogens is 457 g/mol. The number of aliphatic hydroxyl groups is 1. The molecule has 2 aromatic heterocycles. The minimum atomic E-state index is -4.40. The Labute approximate surface area is 199 Å². The molecule has 0 amide bonds. The van der Waals surface area contributed by atoms with Gasteiger partial charge in [0, 0.05) is 35.9 Å². The number of hydrogen-bond acceptors (Lipinski definition) is 4. The lowest BCUT2D eigenvalue weighted by molar-refractivity contribution is -0.137. The summed E-state index contributed by atoms with van der Waals surface area (Å²) >= 11 is 0. The van der Waals surface area contributed by atoms with Crippen molar-refractivity contribution in [2.45, 2.75) is 31.6 Å². The molecule has 1 aliphatic heterocycles. The first-order valence-corrected chi connectivity index (χ1v) is 11.5. The van der Waals surface area contributed by atoms with Crippen molar-refractivity contribution in [3.63, 3.8) is 0 Å². The quantitative estimate of drug-likeness (QED) is 0.445. The van der Waals surface area contributed by atoms with Crippen LogP contribution in [0.3, 0.4) is 0 Å². The van der Waals surface area contributed by atoms with E-state index in [9.17, 15) is 23.1 Å². The molecule has 0 saturated carbocycles. The Morgan fingerprint density at radius 2 is 1.80 bits per heavy atom. The van der Waals surface area contributed by atoms with Gasteiger partial charge in [-0.15, -0.1) is 0 Å². The Kier molecular flexibility index (Phi) is 6.21. The van der Waals surface area contributed by atoms with Crippen molar-refractivity contribution in [1.29, 1.82) is 0 Å². The van der Waals surface area contributed by atoms with Crippen LogP contribution in [0.15, 0.2) is 71.8 Å². The van der Waals surface area contributed by atoms with Crippen LogP contribution >= 0.6 is 0 Å². The Hall–Kier alpha value is -3.43. The standard InChI is InChI=1S/C26H25F3N4O2/c27-26(28,29)21-5-3-18(4-6-21)19-9-11-32(25(35)15-19)22-7-8-24-20(14-22)16-30-33(24)13-12-31-10-1-2-23(31)17-34/h3-9,11,14-16,23,34H,1-2,10,12-13,17H2. The van der Waals surface area contributed by atoms with Gasteiger partial charge in [0.1, 0.15) is 0 Å². The first-order chi connectivity index (χ1) is 16.8. The molecule has 1 unspecified atom stereocenters. The van der Waals surface area contributed by atoms with Crippen LogP contribution in [-0.4, -0.2) is 50.1 Å². The number of benzene rings is 2. The molecule has 2 aromatic carbocycles. The van der Waals surface area contributed by atoms with Gasteiger partial charge < -0.3 is 5.11 Å². The minimum absolute atomic E-state index is 0.176. The van der Waals surface area contributed by atoms with E-state index in [1.165, 1.54) is 22.8 Å². The number of aromatic nitrogens is 3. The third-order valence-corrected chi connectivity index (χ3v) is 6.68. The molecular formula is C26H25F3N4O2. The topological polar surface area (TPSA) is 63.3 Å². The van der Waals surface area contributed by atoms with Gasteiger partial charge in [-0.05, 0) is 66.9 Å². The Morgan fingerprint density at radius 1 is 1.00 bits per heavy atom. The van der Waals surface area contributed by atoms with Crippen LogP contribution in [0.2, 0.25) is 0 Å². The van der Waals surface area contributed by atoms with E-state index >= 15 is 0 Å². The molecule has 0 spiro atoms. The number of pyridine rings is 1. The summed E-state index contributed by atoms with van der Waals surface area (Å²) in [6, 6.07) is 13.8. The second kappa shape index (κ2) is 9.31. The highest BCUT2D eigenvalue weighted by atomic mass is 19.4. The van der Waals surface area contributed by atoms with Crippen LogP contribution < -0.4 is 5.56 Å². The van der Waals surface area contributed by atoms with Crippen LogP contribution in [0.4, 0.5) is 13.2 Å². The monoisotopic (exact) mass is 482 g/mol. The van der Waals surface area contributed by atoms with Crippen LogP contribution in [0.1, 0.15) is 18.4 Å². The third-order valence-electron chi connectivity index (χ3n) is 6.68. The van der Waals surface area contributed by atoms with Gasteiger partial charge >= 0.3 is 6.18 Å². The summed E-state index contributed by atoms with van der Waals surface area (Å²) in [6.07, 6.45) is 1.12. The van der Waals surface area contributed by atoms with E-state index in [1.807, 2.05) is 22.9 Å². The van der Waals surface area contributed by atoms with Crippen LogP contribution in [0.5, 0.6) is 0 Å². The second-order valence-corrected chi connectivity index (χ2v) is 8.82. The summed E-state index contributed by atoms with van der Waals surface area (Å²) in [4.78, 5) is 15.1. The largest absolute Gasteiger partial charge is 0.416 e. The number of alkyl halides is 3. The Balaban J connectivity index is 1.35. The zero-order valence-electron chi connectivity index (χ0n) is 18.9. The van der Waals surface area contributed by atoms with E-state index in [4.69, 9.17) is 0 Å². The summed E-state index contributed by atoms with van der Waals surface area (Å²) in [7, 11) is 0. The molecule has 5 rings (SSSR count). The van der Waals surface area contributed by atoms with Gasteiger partial charge in [0.25, 0.3) is 5.56 Å². The predicted molar refractivity (Wildman–Crippen MR) is 127 cm³/mol. The average molecular weight is 483 g/mol. The summed E-state index contributed by atoms with van der Waals surface area (Å²) < 4.78 is 41.9. The van der Waals surface area contributed by atoms with E-state index < -0.39 is 11.7 Å². The maximum Gasteiger partial charge on any atom is 0.416 e. The molecule has 9 heteroatoms. The Bertz CT molecular complexity index is 1390. The van der Waals surface area contributed by atoms with E-state index in [2.05, 4.69) is 10.00 Å². The molecule has 35 heavy (non-hydrogen) atoms. The fraction of sp³-hybridized carbons (Fsp3) is 0.308. The maximum atomic E-state index is 12.8. The lowest BCUT2D eigenvalue weighted by Gasteiger charge is -2.22. The molecule has 1 aliphatic rings. The van der Waals surface area contributed by atoms with Crippen molar-refractivity contribution < 1.29 is 18.3 Å². The predicted octanol–water partition coefficient (Wildman–Crippen LogP) is 4.33. The number of halogens is 3. The van der Waals surface area contributed by atoms with Crippen LogP contribution in [0.25, 0.3) is 27.7 Å². The van der Waals surface area contributed by atoms with Crippen molar-refractivity contribution in [3.05, 3.63) is 82.9 Å². The first kappa shape index (κ1) is 23.3. The van der Waals surface area contributed by atoms with Crippen LogP contribution in [-0.2, 0) is 12.7 Å². The van der Waals surface area contributed by atoms with Crippen molar-refractivity contribution in [2.75, 3.05) is 19.7 Å². The highest BCUT2D eigenvalue weighted by molar-refractivity contribution is 5.81. The van der Waals surface area contributed by atoms with Gasteiger partial charge in [0.2, 0.25) is 0 Å². The van der Waals surface area contributed by atoms with E-state index in [0.717, 1.165) is 49.0 Å². The van der Waals surface area contributed by atoms with Gasteiger partial charge in [0.15, 0.2) is 0 Å². The molecule has 1 fully saturated rings. The molecule has 0 bridgehead atoms. The van der Waals surface area contributed by atoms with Crippen molar-refractivity contribution in [1.82, 2.24) is 19.2 Å². The highest BCUT2D eigenvalue weighted by Gasteiger charge is 2.30.